The molecule has 2 atom stereocenters. The van der Waals surface area contributed by atoms with Crippen LogP contribution >= 0.6 is 0 Å². The highest BCUT2D eigenvalue weighted by molar-refractivity contribution is 5.98. The molecule has 4 rings (SSSR count). The van der Waals surface area contributed by atoms with E-state index < -0.39 is 29.6 Å². The van der Waals surface area contributed by atoms with Crippen LogP contribution in [0.5, 0.6) is 5.88 Å². The average molecular weight is 448 g/mol. The van der Waals surface area contributed by atoms with Gasteiger partial charge in [-0.05, 0) is 37.3 Å². The van der Waals surface area contributed by atoms with Crippen molar-refractivity contribution in [2.75, 3.05) is 7.11 Å². The van der Waals surface area contributed by atoms with Crippen molar-refractivity contribution in [1.29, 1.82) is 0 Å². The van der Waals surface area contributed by atoms with Crippen LogP contribution in [0.1, 0.15) is 47.2 Å². The normalized spacial score (nSPS) is 22.5. The number of Topliss-reactive ketones (excluding diaryl/α,β-unsaturated/α-hetero) is 1. The molecule has 0 radical (unpaired) electrons. The van der Waals surface area contributed by atoms with Crippen molar-refractivity contribution in [1.82, 2.24) is 9.88 Å². The zero-order valence-electron chi connectivity index (χ0n) is 17.5. The van der Waals surface area contributed by atoms with Crippen molar-refractivity contribution < 1.29 is 32.2 Å². The molecule has 6 nitrogen and oxygen atoms in total. The van der Waals surface area contributed by atoms with Gasteiger partial charge in [0.1, 0.15) is 12.2 Å². The first-order chi connectivity index (χ1) is 15.3. The van der Waals surface area contributed by atoms with Crippen LogP contribution < -0.4 is 4.74 Å². The highest BCUT2D eigenvalue weighted by Gasteiger charge is 2.46. The molecule has 170 valence electrons. The number of carbonyl (C=O) groups excluding carboxylic acids is 2. The van der Waals surface area contributed by atoms with Crippen molar-refractivity contribution in [3.05, 3.63) is 59.3 Å². The van der Waals surface area contributed by atoms with Gasteiger partial charge >= 0.3 is 12.3 Å². The molecule has 32 heavy (non-hydrogen) atoms. The number of carbonyl (C=O) groups is 2. The van der Waals surface area contributed by atoms with E-state index in [1.54, 1.807) is 4.90 Å². The van der Waals surface area contributed by atoms with Gasteiger partial charge in [0.2, 0.25) is 5.88 Å². The van der Waals surface area contributed by atoms with Crippen molar-refractivity contribution >= 4 is 11.9 Å². The third kappa shape index (κ3) is 4.42. The number of ether oxygens (including phenoxy) is 2. The number of alkyl halides is 3. The Labute approximate surface area is 183 Å². The maximum Gasteiger partial charge on any atom is 0.421 e. The van der Waals surface area contributed by atoms with E-state index in [1.165, 1.54) is 0 Å². The molecule has 1 aromatic carbocycles. The fraction of sp³-hybridized carbons (Fsp3) is 0.435. The van der Waals surface area contributed by atoms with Crippen LogP contribution in [0.3, 0.4) is 0 Å². The second-order valence-electron chi connectivity index (χ2n) is 8.14. The molecule has 2 saturated heterocycles. The smallest absolute Gasteiger partial charge is 0.421 e. The molecule has 0 aliphatic carbocycles. The second-order valence-corrected chi connectivity index (χ2v) is 8.14. The fourth-order valence-corrected chi connectivity index (χ4v) is 4.67. The summed E-state index contributed by atoms with van der Waals surface area (Å²) in [7, 11) is 1.10. The molecule has 1 amide bonds. The number of methoxy groups -OCH3 is 1. The molecule has 9 heteroatoms. The maximum atomic E-state index is 13.3. The van der Waals surface area contributed by atoms with Gasteiger partial charge in [-0.15, -0.1) is 0 Å². The minimum Gasteiger partial charge on any atom is -0.481 e. The molecular formula is C23H23F3N2O4. The van der Waals surface area contributed by atoms with E-state index in [0.717, 1.165) is 37.8 Å². The lowest BCUT2D eigenvalue weighted by molar-refractivity contribution is -0.139. The first-order valence-corrected chi connectivity index (χ1v) is 10.4. The summed E-state index contributed by atoms with van der Waals surface area (Å²) in [6.45, 7) is 0.162. The standard InChI is InChI=1S/C23H23F3N2O4/c1-31-21-19(23(24,25)26)11-16(12-27-21)20(29)15-9-17-7-8-18(10-15)28(17)22(30)32-13-14-5-3-2-4-6-14/h2-6,11-12,15,17-18H,7-10,13H2,1H3. The number of benzene rings is 1. The Hall–Kier alpha value is -3.10. The molecule has 0 spiro atoms. The van der Waals surface area contributed by atoms with Crippen LogP contribution in [-0.4, -0.2) is 41.0 Å². The Morgan fingerprint density at radius 3 is 2.38 bits per heavy atom. The molecule has 0 N–H and O–H groups in total. The number of rotatable bonds is 5. The monoisotopic (exact) mass is 448 g/mol. The summed E-state index contributed by atoms with van der Waals surface area (Å²) in [6.07, 6.45) is -1.71. The number of nitrogens with zero attached hydrogens (tertiary/aromatic N) is 2. The Kier molecular flexibility index (Phi) is 6.08. The zero-order chi connectivity index (χ0) is 22.9. The van der Waals surface area contributed by atoms with E-state index in [-0.39, 0.29) is 30.0 Å². The number of piperidine rings is 1. The molecule has 2 bridgehead atoms. The molecule has 2 aliphatic heterocycles. The van der Waals surface area contributed by atoms with Crippen molar-refractivity contribution in [3.63, 3.8) is 0 Å². The Bertz CT molecular complexity index is 982. The molecular weight excluding hydrogens is 425 g/mol. The van der Waals surface area contributed by atoms with E-state index in [1.807, 2.05) is 30.3 Å². The van der Waals surface area contributed by atoms with Gasteiger partial charge in [-0.1, -0.05) is 30.3 Å². The lowest BCUT2D eigenvalue weighted by atomic mass is 9.85. The number of halogens is 3. The van der Waals surface area contributed by atoms with Crippen molar-refractivity contribution in [3.8, 4) is 5.88 Å². The molecule has 2 unspecified atom stereocenters. The van der Waals surface area contributed by atoms with Gasteiger partial charge in [-0.2, -0.15) is 13.2 Å². The Morgan fingerprint density at radius 2 is 1.78 bits per heavy atom. The zero-order valence-corrected chi connectivity index (χ0v) is 17.5. The molecule has 1 aromatic heterocycles. The van der Waals surface area contributed by atoms with E-state index in [0.29, 0.717) is 12.8 Å². The van der Waals surface area contributed by atoms with Gasteiger partial charge < -0.3 is 14.4 Å². The highest BCUT2D eigenvalue weighted by Crippen LogP contribution is 2.41. The Balaban J connectivity index is 1.44. The third-order valence-corrected chi connectivity index (χ3v) is 6.15. The van der Waals surface area contributed by atoms with Gasteiger partial charge in [0.15, 0.2) is 5.78 Å². The van der Waals surface area contributed by atoms with Crippen molar-refractivity contribution in [2.24, 2.45) is 5.92 Å². The molecule has 2 fully saturated rings. The topological polar surface area (TPSA) is 68.7 Å². The summed E-state index contributed by atoms with van der Waals surface area (Å²) in [5, 5.41) is 0. The van der Waals surface area contributed by atoms with E-state index in [4.69, 9.17) is 9.47 Å². The average Bonchev–Trinajstić information content (AvgIpc) is 3.06. The number of ketones is 1. The summed E-state index contributed by atoms with van der Waals surface area (Å²) in [5.41, 5.74) is -0.288. The van der Waals surface area contributed by atoms with E-state index >= 15 is 0 Å². The van der Waals surface area contributed by atoms with Crippen molar-refractivity contribution in [2.45, 2.75) is 50.6 Å². The van der Waals surface area contributed by atoms with Gasteiger partial charge in [0.05, 0.1) is 7.11 Å². The first-order valence-electron chi connectivity index (χ1n) is 10.4. The largest absolute Gasteiger partial charge is 0.481 e. The van der Waals surface area contributed by atoms with Gasteiger partial charge in [-0.25, -0.2) is 9.78 Å². The lowest BCUT2D eigenvalue weighted by Gasteiger charge is -2.37. The summed E-state index contributed by atoms with van der Waals surface area (Å²) in [5.74, 6) is -1.42. The van der Waals surface area contributed by atoms with Crippen LogP contribution in [0.15, 0.2) is 42.6 Å². The maximum absolute atomic E-state index is 13.3. The number of amides is 1. The minimum atomic E-state index is -4.68. The van der Waals surface area contributed by atoms with Crippen LogP contribution in [0.2, 0.25) is 0 Å². The summed E-state index contributed by atoms with van der Waals surface area (Å²) >= 11 is 0. The summed E-state index contributed by atoms with van der Waals surface area (Å²) in [6, 6.07) is 9.80. The lowest BCUT2D eigenvalue weighted by Crippen LogP contribution is -2.48. The minimum absolute atomic E-state index is 0.0948. The molecule has 2 aliphatic rings. The predicted octanol–water partition coefficient (Wildman–Crippen LogP) is 4.87. The molecule has 0 saturated carbocycles. The van der Waals surface area contributed by atoms with Gasteiger partial charge in [0.25, 0.3) is 0 Å². The third-order valence-electron chi connectivity index (χ3n) is 6.15. The highest BCUT2D eigenvalue weighted by atomic mass is 19.4. The quantitative estimate of drug-likeness (QED) is 0.611. The predicted molar refractivity (Wildman–Crippen MR) is 108 cm³/mol. The molecule has 2 aromatic rings. The SMILES string of the molecule is COc1ncc(C(=O)C2CC3CCC(C2)N3C(=O)OCc2ccccc2)cc1C(F)(F)F. The Morgan fingerprint density at radius 1 is 1.12 bits per heavy atom. The van der Waals surface area contributed by atoms with E-state index in [2.05, 4.69) is 4.98 Å². The van der Waals surface area contributed by atoms with Crippen LogP contribution in [0.25, 0.3) is 0 Å². The number of fused-ring (bicyclic) bond motifs is 2. The van der Waals surface area contributed by atoms with Crippen LogP contribution in [0.4, 0.5) is 18.0 Å². The number of pyridine rings is 1. The summed E-state index contributed by atoms with van der Waals surface area (Å²) in [4.78, 5) is 31.1. The van der Waals surface area contributed by atoms with E-state index in [9.17, 15) is 22.8 Å². The van der Waals surface area contributed by atoms with Gasteiger partial charge in [0, 0.05) is 29.8 Å². The second kappa shape index (κ2) is 8.80. The first kappa shape index (κ1) is 22.1. The van der Waals surface area contributed by atoms with Crippen LogP contribution in [0, 0.1) is 5.92 Å². The van der Waals surface area contributed by atoms with Crippen LogP contribution in [-0.2, 0) is 17.5 Å². The number of hydrogen-bond donors (Lipinski definition) is 0. The number of hydrogen-bond acceptors (Lipinski definition) is 5. The number of aromatic nitrogens is 1. The summed E-state index contributed by atoms with van der Waals surface area (Å²) < 4.78 is 50.1. The van der Waals surface area contributed by atoms with Gasteiger partial charge in [-0.3, -0.25) is 4.79 Å². The fourth-order valence-electron chi connectivity index (χ4n) is 4.67. The molecule has 3 heterocycles.